The first kappa shape index (κ1) is 13.6. The Balaban J connectivity index is 2.59. The van der Waals surface area contributed by atoms with E-state index in [9.17, 15) is 9.36 Å². The molecule has 0 spiro atoms. The second-order valence-electron chi connectivity index (χ2n) is 3.35. The van der Waals surface area contributed by atoms with Crippen molar-refractivity contribution in [2.24, 2.45) is 0 Å². The van der Waals surface area contributed by atoms with Crippen molar-refractivity contribution >= 4 is 40.6 Å². The van der Waals surface area contributed by atoms with Crippen LogP contribution in [0.25, 0.3) is 10.2 Å². The predicted octanol–water partition coefficient (Wildman–Crippen LogP) is 2.64. The van der Waals surface area contributed by atoms with Gasteiger partial charge < -0.3 is 0 Å². The second kappa shape index (κ2) is 5.89. The Morgan fingerprint density at radius 1 is 1.58 bits per heavy atom. The normalized spacial score (nSPS) is 9.95. The van der Waals surface area contributed by atoms with E-state index in [1.807, 2.05) is 0 Å². The van der Waals surface area contributed by atoms with Crippen LogP contribution >= 0.6 is 19.3 Å². The molecule has 0 saturated carbocycles. The molecule has 2 aromatic rings. The Kier molecular flexibility index (Phi) is 4.22. The number of ether oxygens (including phenoxy) is 2. The van der Waals surface area contributed by atoms with E-state index in [-0.39, 0.29) is 14.5 Å². The number of aromatic nitrogens is 1. The molecular formula is C11H9N2O4PS. The summed E-state index contributed by atoms with van der Waals surface area (Å²) >= 11 is 1.16. The van der Waals surface area contributed by atoms with E-state index >= 15 is 0 Å². The number of fused-ring (bicyclic) bond motifs is 1. The third-order valence-electron chi connectivity index (χ3n) is 2.21. The fourth-order valence-corrected chi connectivity index (χ4v) is 2.51. The summed E-state index contributed by atoms with van der Waals surface area (Å²) in [6.45, 7) is 2.01. The molecule has 0 aliphatic carbocycles. The molecule has 0 radical (unpaired) electrons. The summed E-state index contributed by atoms with van der Waals surface area (Å²) in [5.41, 5.74) is 6.44. The van der Waals surface area contributed by atoms with Crippen LogP contribution in [0.5, 0.6) is 5.75 Å². The summed E-state index contributed by atoms with van der Waals surface area (Å²) in [5, 5.41) is 0.302. The number of nitrogen functional groups attached to an aromatic ring is 1. The van der Waals surface area contributed by atoms with Crippen LogP contribution in [0.15, 0.2) is 12.1 Å². The van der Waals surface area contributed by atoms with Crippen molar-refractivity contribution in [3.05, 3.63) is 17.7 Å². The van der Waals surface area contributed by atoms with Crippen molar-refractivity contribution in [2.75, 3.05) is 12.3 Å². The van der Waals surface area contributed by atoms with Gasteiger partial charge in [0.1, 0.15) is 0 Å². The van der Waals surface area contributed by atoms with Crippen LogP contribution in [0.2, 0.25) is 0 Å². The minimum absolute atomic E-state index is 0.281. The van der Waals surface area contributed by atoms with Crippen molar-refractivity contribution in [1.29, 1.82) is 0 Å². The molecule has 0 bridgehead atoms. The van der Waals surface area contributed by atoms with E-state index in [0.717, 1.165) is 11.3 Å². The van der Waals surface area contributed by atoms with Crippen LogP contribution < -0.4 is 10.5 Å². The molecule has 0 fully saturated rings. The van der Waals surface area contributed by atoms with Crippen LogP contribution in [-0.4, -0.2) is 17.6 Å². The fourth-order valence-electron chi connectivity index (χ4n) is 1.52. The molecule has 2 rings (SSSR count). The number of rotatable bonds is 3. The van der Waals surface area contributed by atoms with Crippen LogP contribution in [0.4, 0.5) is 5.13 Å². The minimum atomic E-state index is -0.447. The number of thiazole rings is 1. The third kappa shape index (κ3) is 2.79. The molecule has 1 aromatic heterocycles. The van der Waals surface area contributed by atoms with Crippen LogP contribution in [0, 0.1) is 5.81 Å². The molecule has 0 aliphatic heterocycles. The average molecular weight is 296 g/mol. The quantitative estimate of drug-likeness (QED) is 0.691. The van der Waals surface area contributed by atoms with Crippen LogP contribution in [0.1, 0.15) is 17.3 Å². The monoisotopic (exact) mass is 296 g/mol. The number of carbonyl (C=O) groups excluding carboxylic acids is 1. The zero-order valence-electron chi connectivity index (χ0n) is 9.87. The molecule has 1 aromatic carbocycles. The van der Waals surface area contributed by atoms with Gasteiger partial charge >= 0.3 is 113 Å². The van der Waals surface area contributed by atoms with Gasteiger partial charge in [0.05, 0.1) is 0 Å². The SMILES string of the molecule is CCOC(=O)c1ccc(OC#P=O)c2nc(N)sc12. The van der Waals surface area contributed by atoms with Crippen molar-refractivity contribution in [2.45, 2.75) is 6.92 Å². The summed E-state index contributed by atoms with van der Waals surface area (Å²) in [7, 11) is -0.377. The van der Waals surface area contributed by atoms with Gasteiger partial charge in [-0.3, -0.25) is 0 Å². The molecule has 0 atom stereocenters. The number of benzene rings is 1. The van der Waals surface area contributed by atoms with E-state index in [0.29, 0.717) is 26.7 Å². The van der Waals surface area contributed by atoms with Gasteiger partial charge in [-0.2, -0.15) is 0 Å². The number of hydrogen-bond donors (Lipinski definition) is 1. The number of nitrogens with two attached hydrogens (primary N) is 1. The average Bonchev–Trinajstić information content (AvgIpc) is 2.77. The molecule has 6 nitrogen and oxygen atoms in total. The first-order chi connectivity index (χ1) is 9.17. The van der Waals surface area contributed by atoms with E-state index in [1.165, 1.54) is 6.07 Å². The summed E-state index contributed by atoms with van der Waals surface area (Å²) in [4.78, 5) is 15.9. The van der Waals surface area contributed by atoms with Gasteiger partial charge in [0.15, 0.2) is 0 Å². The van der Waals surface area contributed by atoms with Crippen LogP contribution in [-0.2, 0) is 9.30 Å². The van der Waals surface area contributed by atoms with E-state index < -0.39 is 5.97 Å². The number of hydrogen-bond acceptors (Lipinski definition) is 7. The Morgan fingerprint density at radius 3 is 3.05 bits per heavy atom. The maximum atomic E-state index is 11.8. The summed E-state index contributed by atoms with van der Waals surface area (Å²) in [6, 6.07) is 3.09. The van der Waals surface area contributed by atoms with E-state index in [2.05, 4.69) is 10.8 Å². The molecule has 1 heterocycles. The number of nitrogens with zero attached hydrogens (tertiary/aromatic N) is 1. The van der Waals surface area contributed by atoms with E-state index in [4.69, 9.17) is 15.2 Å². The number of anilines is 1. The Labute approximate surface area is 113 Å². The molecule has 0 unspecified atom stereocenters. The molecule has 2 N–H and O–H groups in total. The van der Waals surface area contributed by atoms with Gasteiger partial charge in [-0.1, -0.05) is 0 Å². The van der Waals surface area contributed by atoms with Gasteiger partial charge in [0.25, 0.3) is 0 Å². The van der Waals surface area contributed by atoms with Gasteiger partial charge in [-0.05, 0) is 0 Å². The molecular weight excluding hydrogens is 287 g/mol. The number of carbonyl (C=O) groups is 1. The molecule has 98 valence electrons. The van der Waals surface area contributed by atoms with Crippen LogP contribution in [0.3, 0.4) is 0 Å². The molecule has 19 heavy (non-hydrogen) atoms. The number of esters is 1. The van der Waals surface area contributed by atoms with Gasteiger partial charge in [0.2, 0.25) is 0 Å². The summed E-state index contributed by atoms with van der Waals surface area (Å²) in [5.74, 6) is 2.05. The Morgan fingerprint density at radius 2 is 2.37 bits per heavy atom. The maximum absolute atomic E-state index is 11.8. The fraction of sp³-hybridized carbons (Fsp3) is 0.182. The zero-order chi connectivity index (χ0) is 13.8. The third-order valence-corrected chi connectivity index (χ3v) is 3.29. The van der Waals surface area contributed by atoms with Crippen molar-refractivity contribution in [3.8, 4) is 11.6 Å². The first-order valence-electron chi connectivity index (χ1n) is 5.27. The first-order valence-corrected chi connectivity index (χ1v) is 6.90. The van der Waals surface area contributed by atoms with E-state index in [1.54, 1.807) is 13.0 Å². The Bertz CT molecular complexity index is 737. The van der Waals surface area contributed by atoms with Gasteiger partial charge in [-0.25, -0.2) is 0 Å². The predicted molar refractivity (Wildman–Crippen MR) is 72.1 cm³/mol. The summed E-state index contributed by atoms with van der Waals surface area (Å²) < 4.78 is 20.9. The molecule has 0 saturated heterocycles. The standard InChI is InChI=1S/C11H9N2O4PS/c1-2-16-10(14)6-3-4-7(17-5-18-15)8-9(6)19-11(12)13-8/h3-4H,2H2,1H3,(H2,12,13). The zero-order valence-corrected chi connectivity index (χ0v) is 11.6. The van der Waals surface area contributed by atoms with Gasteiger partial charge in [0, 0.05) is 0 Å². The molecule has 0 aliphatic rings. The topological polar surface area (TPSA) is 91.5 Å². The van der Waals surface area contributed by atoms with Crippen molar-refractivity contribution in [3.63, 3.8) is 0 Å². The second-order valence-corrected chi connectivity index (χ2v) is 4.74. The van der Waals surface area contributed by atoms with Crippen molar-refractivity contribution in [1.82, 2.24) is 4.98 Å². The molecule has 0 amide bonds. The Hall–Kier alpha value is -1.81. The molecule has 8 heteroatoms. The van der Waals surface area contributed by atoms with Crippen molar-refractivity contribution < 1.29 is 18.8 Å². The summed E-state index contributed by atoms with van der Waals surface area (Å²) in [6.07, 6.45) is 0. The van der Waals surface area contributed by atoms with Gasteiger partial charge in [-0.15, -0.1) is 0 Å².